The fourth-order valence-electron chi connectivity index (χ4n) is 5.70. The summed E-state index contributed by atoms with van der Waals surface area (Å²) in [5.74, 6) is 3.05. The highest BCUT2D eigenvalue weighted by molar-refractivity contribution is 5.95. The lowest BCUT2D eigenvalue weighted by Crippen LogP contribution is -2.47. The van der Waals surface area contributed by atoms with E-state index in [1.165, 1.54) is 5.56 Å². The number of benzene rings is 2. The molecule has 0 aromatic heterocycles. The van der Waals surface area contributed by atoms with Crippen molar-refractivity contribution in [2.24, 2.45) is 5.92 Å². The smallest absolute Gasteiger partial charge is 0.251 e. The molecule has 2 aliphatic rings. The Morgan fingerprint density at radius 2 is 1.58 bits per heavy atom. The van der Waals surface area contributed by atoms with E-state index in [-0.39, 0.29) is 17.4 Å². The fourth-order valence-corrected chi connectivity index (χ4v) is 5.70. The largest absolute Gasteiger partial charge is 0.493 e. The number of carbonyl (C=O) groups excluding carboxylic acids is 1. The lowest BCUT2D eigenvalue weighted by Gasteiger charge is -2.43. The van der Waals surface area contributed by atoms with Gasteiger partial charge in [-0.2, -0.15) is 0 Å². The van der Waals surface area contributed by atoms with Crippen LogP contribution in [0.25, 0.3) is 0 Å². The Kier molecular flexibility index (Phi) is 6.70. The minimum absolute atomic E-state index is 0.0544. The van der Waals surface area contributed by atoms with Gasteiger partial charge in [-0.05, 0) is 68.1 Å². The zero-order valence-corrected chi connectivity index (χ0v) is 20.1. The molecule has 4 rings (SSSR count). The van der Waals surface area contributed by atoms with E-state index in [0.717, 1.165) is 43.9 Å². The van der Waals surface area contributed by atoms with Gasteiger partial charge in [0.05, 0.1) is 28.4 Å². The van der Waals surface area contributed by atoms with Gasteiger partial charge in [0.1, 0.15) is 0 Å². The van der Waals surface area contributed by atoms with Crippen LogP contribution < -0.4 is 24.3 Å². The third-order valence-electron chi connectivity index (χ3n) is 7.31. The first-order chi connectivity index (χ1) is 15.9. The number of likely N-dealkylation sites (tertiary alicyclic amines) is 1. The summed E-state index contributed by atoms with van der Waals surface area (Å²) in [6.45, 7) is 2.01. The Bertz CT molecular complexity index is 1010. The minimum Gasteiger partial charge on any atom is -0.493 e. The van der Waals surface area contributed by atoms with E-state index >= 15 is 0 Å². The summed E-state index contributed by atoms with van der Waals surface area (Å²) in [5, 5.41) is 3.26. The highest BCUT2D eigenvalue weighted by atomic mass is 16.5. The summed E-state index contributed by atoms with van der Waals surface area (Å²) in [4.78, 5) is 15.4. The standard InChI is InChI=1S/C26H34N2O5/c1-28-15-19-13-20(27-25(29)17-6-8-21(30-2)23(12-17)32-4)10-11-26(19,16-28)18-7-9-22(31-3)24(14-18)33-5/h6-9,12,14,19-20H,10-11,13,15-16H2,1-5H3,(H,27,29). The second-order valence-corrected chi connectivity index (χ2v) is 9.13. The molecule has 178 valence electrons. The highest BCUT2D eigenvalue weighted by Crippen LogP contribution is 2.49. The molecular formula is C26H34N2O5. The minimum atomic E-state index is -0.0779. The van der Waals surface area contributed by atoms with Gasteiger partial charge in [0.2, 0.25) is 0 Å². The average Bonchev–Trinajstić information content (AvgIpc) is 3.19. The maximum Gasteiger partial charge on any atom is 0.251 e. The number of ether oxygens (including phenoxy) is 4. The van der Waals surface area contributed by atoms with Crippen molar-refractivity contribution in [2.75, 3.05) is 48.6 Å². The maximum absolute atomic E-state index is 13.0. The molecule has 1 aliphatic heterocycles. The monoisotopic (exact) mass is 454 g/mol. The molecule has 0 bridgehead atoms. The summed E-state index contributed by atoms with van der Waals surface area (Å²) in [6.07, 6.45) is 2.88. The molecule has 2 aromatic rings. The van der Waals surface area contributed by atoms with Gasteiger partial charge in [-0.1, -0.05) is 6.07 Å². The number of nitrogens with one attached hydrogen (secondary N) is 1. The molecule has 0 radical (unpaired) electrons. The van der Waals surface area contributed by atoms with Crippen molar-refractivity contribution in [1.82, 2.24) is 10.2 Å². The van der Waals surface area contributed by atoms with Crippen LogP contribution in [0.3, 0.4) is 0 Å². The Labute approximate surface area is 196 Å². The maximum atomic E-state index is 13.0. The lowest BCUT2D eigenvalue weighted by molar-refractivity contribution is 0.0904. The van der Waals surface area contributed by atoms with Gasteiger partial charge in [0, 0.05) is 30.1 Å². The highest BCUT2D eigenvalue weighted by Gasteiger charge is 2.50. The first kappa shape index (κ1) is 23.2. The molecule has 7 nitrogen and oxygen atoms in total. The van der Waals surface area contributed by atoms with Gasteiger partial charge in [0.25, 0.3) is 5.91 Å². The molecule has 3 atom stereocenters. The molecule has 7 heteroatoms. The van der Waals surface area contributed by atoms with E-state index < -0.39 is 0 Å². The van der Waals surface area contributed by atoms with Crippen molar-refractivity contribution in [1.29, 1.82) is 0 Å². The molecule has 2 fully saturated rings. The number of methoxy groups -OCH3 is 4. The predicted octanol–water partition coefficient (Wildman–Crippen LogP) is 3.50. The summed E-state index contributed by atoms with van der Waals surface area (Å²) >= 11 is 0. The van der Waals surface area contributed by atoms with Crippen LogP contribution in [0.2, 0.25) is 0 Å². The molecule has 1 N–H and O–H groups in total. The van der Waals surface area contributed by atoms with Crippen molar-refractivity contribution in [3.63, 3.8) is 0 Å². The van der Waals surface area contributed by atoms with Gasteiger partial charge >= 0.3 is 0 Å². The molecule has 1 heterocycles. The SMILES string of the molecule is COc1ccc(C(=O)NC2CCC3(c4ccc(OC)c(OC)c4)CN(C)CC3C2)cc1OC. The summed E-state index contributed by atoms with van der Waals surface area (Å²) in [6, 6.07) is 11.7. The molecule has 0 spiro atoms. The van der Waals surface area contributed by atoms with E-state index in [1.54, 1.807) is 46.6 Å². The molecule has 3 unspecified atom stereocenters. The van der Waals surface area contributed by atoms with Crippen molar-refractivity contribution in [3.05, 3.63) is 47.5 Å². The number of likely N-dealkylation sites (N-methyl/N-ethyl adjacent to an activating group) is 1. The van der Waals surface area contributed by atoms with E-state index in [2.05, 4.69) is 29.4 Å². The second kappa shape index (κ2) is 9.51. The zero-order valence-electron chi connectivity index (χ0n) is 20.1. The molecule has 1 saturated heterocycles. The lowest BCUT2D eigenvalue weighted by atomic mass is 9.63. The number of carbonyl (C=O) groups is 1. The van der Waals surface area contributed by atoms with Crippen LogP contribution in [0.4, 0.5) is 0 Å². The average molecular weight is 455 g/mol. The summed E-state index contributed by atoms with van der Waals surface area (Å²) < 4.78 is 21.7. The molecule has 1 saturated carbocycles. The number of hydrogen-bond donors (Lipinski definition) is 1. The first-order valence-corrected chi connectivity index (χ1v) is 11.4. The molecule has 2 aromatic carbocycles. The quantitative estimate of drug-likeness (QED) is 0.691. The second-order valence-electron chi connectivity index (χ2n) is 9.13. The summed E-state index contributed by atoms with van der Waals surface area (Å²) in [7, 11) is 8.68. The van der Waals surface area contributed by atoms with E-state index in [1.807, 2.05) is 6.07 Å². The van der Waals surface area contributed by atoms with Crippen LogP contribution in [0, 0.1) is 5.92 Å². The number of fused-ring (bicyclic) bond motifs is 1. The number of rotatable bonds is 7. The summed E-state index contributed by atoms with van der Waals surface area (Å²) in [5.41, 5.74) is 1.92. The van der Waals surface area contributed by atoms with E-state index in [0.29, 0.717) is 23.0 Å². The van der Waals surface area contributed by atoms with Crippen molar-refractivity contribution in [3.8, 4) is 23.0 Å². The number of hydrogen-bond acceptors (Lipinski definition) is 6. The molecular weight excluding hydrogens is 420 g/mol. The normalized spacial score (nSPS) is 24.6. The number of nitrogens with zero attached hydrogens (tertiary/aromatic N) is 1. The Morgan fingerprint density at radius 3 is 2.24 bits per heavy atom. The van der Waals surface area contributed by atoms with Crippen molar-refractivity contribution in [2.45, 2.75) is 30.7 Å². The van der Waals surface area contributed by atoms with Gasteiger partial charge < -0.3 is 29.2 Å². The first-order valence-electron chi connectivity index (χ1n) is 11.4. The molecule has 33 heavy (non-hydrogen) atoms. The van der Waals surface area contributed by atoms with Gasteiger partial charge in [-0.15, -0.1) is 0 Å². The van der Waals surface area contributed by atoms with Crippen molar-refractivity contribution >= 4 is 5.91 Å². The third kappa shape index (κ3) is 4.34. The van der Waals surface area contributed by atoms with Crippen LogP contribution in [-0.4, -0.2) is 65.4 Å². The van der Waals surface area contributed by atoms with Crippen LogP contribution >= 0.6 is 0 Å². The topological polar surface area (TPSA) is 69.3 Å². The number of amides is 1. The van der Waals surface area contributed by atoms with E-state index in [9.17, 15) is 4.79 Å². The van der Waals surface area contributed by atoms with Crippen molar-refractivity contribution < 1.29 is 23.7 Å². The Hall–Kier alpha value is -2.93. The van der Waals surface area contributed by atoms with Crippen LogP contribution in [0.1, 0.15) is 35.2 Å². The van der Waals surface area contributed by atoms with E-state index in [4.69, 9.17) is 18.9 Å². The van der Waals surface area contributed by atoms with Crippen LogP contribution in [0.5, 0.6) is 23.0 Å². The molecule has 1 aliphatic carbocycles. The predicted molar refractivity (Wildman–Crippen MR) is 127 cm³/mol. The van der Waals surface area contributed by atoms with Crippen LogP contribution in [0.15, 0.2) is 36.4 Å². The van der Waals surface area contributed by atoms with Gasteiger partial charge in [-0.25, -0.2) is 0 Å². The Balaban J connectivity index is 1.52. The fraction of sp³-hybridized carbons (Fsp3) is 0.500. The molecule has 1 amide bonds. The third-order valence-corrected chi connectivity index (χ3v) is 7.31. The Morgan fingerprint density at radius 1 is 0.939 bits per heavy atom. The zero-order chi connectivity index (χ0) is 23.6. The van der Waals surface area contributed by atoms with Gasteiger partial charge in [0.15, 0.2) is 23.0 Å². The van der Waals surface area contributed by atoms with Gasteiger partial charge in [-0.3, -0.25) is 4.79 Å². The van der Waals surface area contributed by atoms with Crippen LogP contribution in [-0.2, 0) is 5.41 Å².